The molecule has 1 rings (SSSR count). The first-order valence-corrected chi connectivity index (χ1v) is 8.92. The average molecular weight is 397 g/mol. The maximum absolute atomic E-state index is 14.3. The zero-order valence-electron chi connectivity index (χ0n) is 17.4. The van der Waals surface area contributed by atoms with Crippen LogP contribution in [0.4, 0.5) is 14.0 Å². The zero-order chi connectivity index (χ0) is 21.7. The number of nitrogens with zero attached hydrogens (tertiary/aromatic N) is 1. The molecule has 8 heteroatoms. The average Bonchev–Trinajstić information content (AvgIpc) is 2.50. The van der Waals surface area contributed by atoms with Gasteiger partial charge in [0.05, 0.1) is 18.7 Å². The highest BCUT2D eigenvalue weighted by Gasteiger charge is 2.32. The van der Waals surface area contributed by atoms with Gasteiger partial charge in [-0.15, -0.1) is 0 Å². The summed E-state index contributed by atoms with van der Waals surface area (Å²) in [5.74, 6) is -1.32. The Morgan fingerprint density at radius 1 is 0.964 bits per heavy atom. The van der Waals surface area contributed by atoms with E-state index in [1.165, 1.54) is 12.1 Å². The normalized spacial score (nSPS) is 11.6. The molecule has 0 N–H and O–H groups in total. The third-order valence-corrected chi connectivity index (χ3v) is 3.11. The van der Waals surface area contributed by atoms with E-state index >= 15 is 0 Å². The standard InChI is InChI=1S/C20H28FNO6/c1-8-26-16(23)13-9-10-15(21)14(11-13)12-22(17(24)27-19(2,3)4)18(25)28-20(5,6)7/h9-11H,8,12H2,1-7H3. The third-order valence-electron chi connectivity index (χ3n) is 3.11. The quantitative estimate of drug-likeness (QED) is 0.542. The number of rotatable bonds is 4. The Balaban J connectivity index is 3.21. The number of imide groups is 1. The lowest BCUT2D eigenvalue weighted by molar-refractivity contribution is -0.000402. The fourth-order valence-corrected chi connectivity index (χ4v) is 2.05. The molecular weight excluding hydrogens is 369 g/mol. The Hall–Kier alpha value is -2.64. The molecule has 2 amide bonds. The van der Waals surface area contributed by atoms with E-state index in [1.807, 2.05) is 0 Å². The van der Waals surface area contributed by atoms with Gasteiger partial charge in [0.2, 0.25) is 0 Å². The summed E-state index contributed by atoms with van der Waals surface area (Å²) in [4.78, 5) is 37.6. The molecule has 0 spiro atoms. The Morgan fingerprint density at radius 3 is 1.89 bits per heavy atom. The second kappa shape index (κ2) is 9.03. The van der Waals surface area contributed by atoms with Crippen molar-refractivity contribution < 1.29 is 33.0 Å². The molecule has 0 unspecified atom stereocenters. The molecule has 0 aliphatic carbocycles. The summed E-state index contributed by atoms with van der Waals surface area (Å²) in [5, 5.41) is 0. The van der Waals surface area contributed by atoms with E-state index in [2.05, 4.69) is 0 Å². The van der Waals surface area contributed by atoms with Gasteiger partial charge in [0, 0.05) is 5.56 Å². The molecule has 0 aliphatic heterocycles. The van der Waals surface area contributed by atoms with Crippen molar-refractivity contribution in [3.63, 3.8) is 0 Å². The van der Waals surface area contributed by atoms with Gasteiger partial charge in [0.1, 0.15) is 17.0 Å². The van der Waals surface area contributed by atoms with Crippen LogP contribution in [0.15, 0.2) is 18.2 Å². The van der Waals surface area contributed by atoms with E-state index in [-0.39, 0.29) is 17.7 Å². The highest BCUT2D eigenvalue weighted by molar-refractivity contribution is 5.90. The van der Waals surface area contributed by atoms with E-state index in [0.717, 1.165) is 6.07 Å². The van der Waals surface area contributed by atoms with Gasteiger partial charge >= 0.3 is 18.2 Å². The molecule has 1 aromatic carbocycles. The minimum atomic E-state index is -0.984. The highest BCUT2D eigenvalue weighted by Crippen LogP contribution is 2.19. The number of benzene rings is 1. The van der Waals surface area contributed by atoms with Crippen molar-refractivity contribution in [2.45, 2.75) is 66.2 Å². The summed E-state index contributed by atoms with van der Waals surface area (Å²) in [5.41, 5.74) is -1.69. The Labute approximate surface area is 164 Å². The number of halogens is 1. The lowest BCUT2D eigenvalue weighted by atomic mass is 10.1. The lowest BCUT2D eigenvalue weighted by Gasteiger charge is -2.28. The van der Waals surface area contributed by atoms with Crippen LogP contribution in [0.2, 0.25) is 0 Å². The SMILES string of the molecule is CCOC(=O)c1ccc(F)c(CN(C(=O)OC(C)(C)C)C(=O)OC(C)(C)C)c1. The number of hydrogen-bond donors (Lipinski definition) is 0. The first-order valence-electron chi connectivity index (χ1n) is 8.92. The minimum absolute atomic E-state index is 0.0535. The maximum Gasteiger partial charge on any atom is 0.420 e. The van der Waals surface area contributed by atoms with Crippen LogP contribution in [-0.4, -0.2) is 40.9 Å². The first-order chi connectivity index (χ1) is 12.7. The van der Waals surface area contributed by atoms with Crippen molar-refractivity contribution in [1.29, 1.82) is 0 Å². The first kappa shape index (κ1) is 23.4. The van der Waals surface area contributed by atoms with E-state index in [1.54, 1.807) is 48.5 Å². The van der Waals surface area contributed by atoms with Crippen LogP contribution >= 0.6 is 0 Å². The minimum Gasteiger partial charge on any atom is -0.462 e. The smallest absolute Gasteiger partial charge is 0.420 e. The van der Waals surface area contributed by atoms with Crippen molar-refractivity contribution in [1.82, 2.24) is 4.90 Å². The summed E-state index contributed by atoms with van der Waals surface area (Å²) in [6.07, 6.45) is -1.97. The molecule has 0 saturated carbocycles. The molecule has 0 atom stereocenters. The van der Waals surface area contributed by atoms with E-state index in [4.69, 9.17) is 14.2 Å². The molecule has 0 aromatic heterocycles. The van der Waals surface area contributed by atoms with Gasteiger partial charge in [0.15, 0.2) is 0 Å². The van der Waals surface area contributed by atoms with Gasteiger partial charge in [-0.05, 0) is 66.7 Å². The predicted molar refractivity (Wildman–Crippen MR) is 100 cm³/mol. The van der Waals surface area contributed by atoms with Crippen LogP contribution in [0.1, 0.15) is 64.4 Å². The van der Waals surface area contributed by atoms with Crippen LogP contribution in [0.25, 0.3) is 0 Å². The Bertz CT molecular complexity index is 705. The van der Waals surface area contributed by atoms with Crippen LogP contribution in [0, 0.1) is 5.82 Å². The molecule has 0 bridgehead atoms. The second-order valence-corrected chi connectivity index (χ2v) is 8.07. The number of carbonyl (C=O) groups excluding carboxylic acids is 3. The van der Waals surface area contributed by atoms with Crippen LogP contribution in [-0.2, 0) is 20.8 Å². The van der Waals surface area contributed by atoms with Crippen LogP contribution in [0.3, 0.4) is 0 Å². The molecule has 0 heterocycles. The van der Waals surface area contributed by atoms with Crippen molar-refractivity contribution in [2.24, 2.45) is 0 Å². The molecule has 7 nitrogen and oxygen atoms in total. The topological polar surface area (TPSA) is 82.1 Å². The fraction of sp³-hybridized carbons (Fsp3) is 0.550. The molecule has 0 radical (unpaired) electrons. The van der Waals surface area contributed by atoms with E-state index in [9.17, 15) is 18.8 Å². The zero-order valence-corrected chi connectivity index (χ0v) is 17.4. The summed E-state index contributed by atoms with van der Waals surface area (Å²) < 4.78 is 29.7. The number of esters is 1. The molecule has 1 aromatic rings. The molecule has 0 saturated heterocycles. The van der Waals surface area contributed by atoms with Crippen molar-refractivity contribution in [3.8, 4) is 0 Å². The summed E-state index contributed by atoms with van der Waals surface area (Å²) in [6.45, 7) is 11.2. The monoisotopic (exact) mass is 397 g/mol. The summed E-state index contributed by atoms with van der Waals surface area (Å²) in [7, 11) is 0. The number of hydrogen-bond acceptors (Lipinski definition) is 6. The van der Waals surface area contributed by atoms with Gasteiger partial charge in [-0.25, -0.2) is 23.7 Å². The summed E-state index contributed by atoms with van der Waals surface area (Å²) >= 11 is 0. The highest BCUT2D eigenvalue weighted by atomic mass is 19.1. The largest absolute Gasteiger partial charge is 0.462 e. The second-order valence-electron chi connectivity index (χ2n) is 8.07. The number of amides is 2. The summed E-state index contributed by atoms with van der Waals surface area (Å²) in [6, 6.07) is 3.57. The molecular formula is C20H28FNO6. The fourth-order valence-electron chi connectivity index (χ4n) is 2.05. The number of ether oxygens (including phenoxy) is 3. The van der Waals surface area contributed by atoms with Crippen molar-refractivity contribution in [2.75, 3.05) is 6.61 Å². The van der Waals surface area contributed by atoms with E-state index in [0.29, 0.717) is 4.90 Å². The number of carbonyl (C=O) groups is 3. The molecule has 28 heavy (non-hydrogen) atoms. The van der Waals surface area contributed by atoms with Crippen molar-refractivity contribution >= 4 is 18.2 Å². The Morgan fingerprint density at radius 2 is 1.46 bits per heavy atom. The van der Waals surface area contributed by atoms with Crippen LogP contribution < -0.4 is 0 Å². The van der Waals surface area contributed by atoms with Gasteiger partial charge < -0.3 is 14.2 Å². The third kappa shape index (κ3) is 7.54. The van der Waals surface area contributed by atoms with Crippen molar-refractivity contribution in [3.05, 3.63) is 35.1 Å². The molecule has 0 fully saturated rings. The van der Waals surface area contributed by atoms with Crippen LogP contribution in [0.5, 0.6) is 0 Å². The maximum atomic E-state index is 14.3. The molecule has 0 aliphatic rings. The lowest BCUT2D eigenvalue weighted by Crippen LogP contribution is -2.43. The Kier molecular flexibility index (Phi) is 7.55. The van der Waals surface area contributed by atoms with Gasteiger partial charge in [-0.1, -0.05) is 0 Å². The predicted octanol–water partition coefficient (Wildman–Crippen LogP) is 4.67. The van der Waals surface area contributed by atoms with E-state index < -0.39 is 41.7 Å². The molecule has 156 valence electrons. The van der Waals surface area contributed by atoms with Gasteiger partial charge in [-0.3, -0.25) is 0 Å². The van der Waals surface area contributed by atoms with Gasteiger partial charge in [0.25, 0.3) is 0 Å². The van der Waals surface area contributed by atoms with Gasteiger partial charge in [-0.2, -0.15) is 0 Å².